The Labute approximate surface area is 480 Å². The number of carboxylic acid groups (broad SMARTS) is 2. The van der Waals surface area contributed by atoms with Gasteiger partial charge in [-0.25, -0.2) is 14.8 Å². The predicted molar refractivity (Wildman–Crippen MR) is 297 cm³/mol. The van der Waals surface area contributed by atoms with Crippen LogP contribution in [-0.4, -0.2) is 199 Å². The highest BCUT2D eigenvalue weighted by Crippen LogP contribution is 2.19. The molecule has 33 nitrogen and oxygen atoms in total. The van der Waals surface area contributed by atoms with E-state index in [1.807, 2.05) is 0 Å². The van der Waals surface area contributed by atoms with Gasteiger partial charge in [-0.15, -0.1) is 0 Å². The molecule has 9 amide bonds. The normalized spacial score (nSPS) is 12.7. The molecule has 0 saturated heterocycles. The number of aromatic nitrogens is 4. The molecule has 456 valence electrons. The summed E-state index contributed by atoms with van der Waals surface area (Å²) in [7, 11) is 2.69. The van der Waals surface area contributed by atoms with E-state index in [1.165, 1.54) is 27.8 Å². The number of nitrogens with two attached hydrogens (primary N) is 2. The van der Waals surface area contributed by atoms with Crippen molar-refractivity contribution in [1.29, 1.82) is 0 Å². The van der Waals surface area contributed by atoms with Crippen LogP contribution in [0, 0.1) is 0 Å². The van der Waals surface area contributed by atoms with Crippen LogP contribution in [0.2, 0.25) is 0 Å². The highest BCUT2D eigenvalue weighted by Gasteiger charge is 2.31. The lowest BCUT2D eigenvalue weighted by Gasteiger charge is -2.25. The summed E-state index contributed by atoms with van der Waals surface area (Å²) < 4.78 is 4.61. The average molecular weight is 1210 g/mol. The quantitative estimate of drug-likeness (QED) is 0.0190. The molecule has 3 aromatic rings. The summed E-state index contributed by atoms with van der Waals surface area (Å²) >= 11 is 0. The zero-order valence-electron chi connectivity index (χ0n) is 44.8. The van der Waals surface area contributed by atoms with Gasteiger partial charge >= 0.3 is 18.0 Å². The van der Waals surface area contributed by atoms with E-state index >= 15 is 0 Å². The Bertz CT molecular complexity index is 2760. The molecule has 0 aliphatic carbocycles. The van der Waals surface area contributed by atoms with Gasteiger partial charge < -0.3 is 89.6 Å². The number of hydrogen-bond acceptors (Lipinski definition) is 23. The first-order valence-corrected chi connectivity index (χ1v) is 28.2. The molecule has 83 heavy (non-hydrogen) atoms. The zero-order valence-corrected chi connectivity index (χ0v) is 46.4. The number of aliphatic hydroxyl groups excluding tert-OH is 3. The van der Waals surface area contributed by atoms with E-state index in [1.54, 1.807) is 24.3 Å². The van der Waals surface area contributed by atoms with Gasteiger partial charge in [-0.2, -0.15) is 4.98 Å². The van der Waals surface area contributed by atoms with Gasteiger partial charge in [-0.3, -0.25) is 57.7 Å². The number of benzene rings is 1. The highest BCUT2D eigenvalue weighted by atomic mass is 33.1. The minimum atomic E-state index is -1.72. The van der Waals surface area contributed by atoms with E-state index in [9.17, 15) is 78.0 Å². The molecular formula is C48H69N15O18S2. The number of H-pyrrole nitrogens is 1. The average Bonchev–Trinajstić information content (AvgIpc) is 3.49. The van der Waals surface area contributed by atoms with Crippen molar-refractivity contribution in [3.8, 4) is 0 Å². The fraction of sp³-hybridized carbons (Fsp3) is 0.521. The molecule has 1 aromatic carbocycles. The second-order valence-corrected chi connectivity index (χ2v) is 20.6. The van der Waals surface area contributed by atoms with Crippen molar-refractivity contribution < 1.29 is 83.0 Å². The molecule has 35 heteroatoms. The second-order valence-electron chi connectivity index (χ2n) is 17.9. The van der Waals surface area contributed by atoms with Crippen molar-refractivity contribution in [2.45, 2.75) is 101 Å². The van der Waals surface area contributed by atoms with Crippen molar-refractivity contribution >= 4 is 110 Å². The number of aliphatic hydroxyl groups is 3. The van der Waals surface area contributed by atoms with Gasteiger partial charge in [0.2, 0.25) is 47.3 Å². The minimum Gasteiger partial charge on any atom is -0.481 e. The van der Waals surface area contributed by atoms with Crippen molar-refractivity contribution in [3.63, 3.8) is 0 Å². The lowest BCUT2D eigenvalue weighted by atomic mass is 10.1. The number of ether oxygens (including phenoxy) is 1. The maximum absolute atomic E-state index is 13.9. The maximum Gasteiger partial charge on any atom is 0.404 e. The third-order valence-electron chi connectivity index (χ3n) is 11.3. The SMILES string of the molecule is NC(=O)OCCSSCCNC(=O)CNC(=O)C(CCC(=O)O)NC(=O)C(CCC(=O)NCCC(O)CC(O)CO)NC(=O)C(CCC(=O)O)NC(=O)CNC(=O)CCCNC(=O)c1ccc(NCc2cnc3nc(N)[nH]c(=O)c3n2)cc1. The van der Waals surface area contributed by atoms with Crippen LogP contribution in [0.3, 0.4) is 0 Å². The summed E-state index contributed by atoms with van der Waals surface area (Å²) in [6.45, 7) is -1.57. The molecule has 5 atom stereocenters. The zero-order chi connectivity index (χ0) is 61.3. The summed E-state index contributed by atoms with van der Waals surface area (Å²) in [5.74, 6) is -8.70. The Hall–Kier alpha value is -8.41. The number of anilines is 2. The molecular weight excluding hydrogens is 1140 g/mol. The highest BCUT2D eigenvalue weighted by molar-refractivity contribution is 8.76. The Kier molecular flexibility index (Phi) is 31.2. The summed E-state index contributed by atoms with van der Waals surface area (Å²) in [5, 5.41) is 70.0. The van der Waals surface area contributed by atoms with E-state index in [0.717, 1.165) is 0 Å². The summed E-state index contributed by atoms with van der Waals surface area (Å²) in [5.41, 5.74) is 11.4. The first-order chi connectivity index (χ1) is 39.5. The molecule has 19 N–H and O–H groups in total. The number of carbonyl (C=O) groups excluding carboxylic acids is 9. The molecule has 0 fully saturated rings. The van der Waals surface area contributed by atoms with E-state index in [-0.39, 0.29) is 75.6 Å². The van der Waals surface area contributed by atoms with Crippen molar-refractivity contribution in [2.75, 3.05) is 68.5 Å². The van der Waals surface area contributed by atoms with E-state index in [0.29, 0.717) is 28.5 Å². The van der Waals surface area contributed by atoms with Crippen LogP contribution in [0.5, 0.6) is 0 Å². The molecule has 0 aliphatic rings. The van der Waals surface area contributed by atoms with Crippen LogP contribution in [0.15, 0.2) is 35.3 Å². The Morgan fingerprint density at radius 1 is 0.651 bits per heavy atom. The van der Waals surface area contributed by atoms with Crippen LogP contribution in [-0.2, 0) is 54.4 Å². The van der Waals surface area contributed by atoms with Crippen molar-refractivity contribution in [1.82, 2.24) is 62.5 Å². The number of aliphatic carboxylic acids is 2. The fourth-order valence-electron chi connectivity index (χ4n) is 7.07. The summed E-state index contributed by atoms with van der Waals surface area (Å²) in [6, 6.07) is 1.35. The molecule has 0 aliphatic heterocycles. The number of hydrogen-bond donors (Lipinski definition) is 17. The van der Waals surface area contributed by atoms with Gasteiger partial charge in [-0.1, -0.05) is 21.6 Å². The molecule has 0 saturated carbocycles. The molecule has 2 heterocycles. The topological polar surface area (TPSA) is 530 Å². The van der Waals surface area contributed by atoms with Gasteiger partial charge in [0.05, 0.1) is 50.3 Å². The number of nitrogens with zero attached hydrogens (tertiary/aromatic N) is 3. The van der Waals surface area contributed by atoms with E-state index < -0.39 is 159 Å². The molecule has 2 aromatic heterocycles. The lowest BCUT2D eigenvalue weighted by Crippen LogP contribution is -2.57. The standard InChI is InChI=1S/C48H69N15O18S2/c49-47-62-41-40(46(79)63-47)58-28(22-56-41)21-54-27-5-3-26(4-6-27)42(75)53-14-1-2-34(67)55-24-37(70)59-32(9-12-39(73)74)44(77)61-33(7-10-35(68)51-15-13-29(65)20-30(66)25-64)45(78)60-31(8-11-38(71)72)43(76)57-23-36(69)52-16-18-82-83-19-17-81-48(50)80/h3-6,22,29-33,54,64-66H,1-2,7-21,23-25H2,(H2,50,80)(H,51,68)(H,52,69)(H,53,75)(H,55,67)(H,57,76)(H,59,70)(H,60,78)(H,61,77)(H,71,72)(H,73,74)(H3,49,56,62,63,79). The summed E-state index contributed by atoms with van der Waals surface area (Å²) in [6.07, 6.45) is -5.51. The third kappa shape index (κ3) is 28.7. The minimum absolute atomic E-state index is 0.0166. The molecule has 5 unspecified atom stereocenters. The number of carbonyl (C=O) groups is 11. The number of rotatable bonds is 40. The van der Waals surface area contributed by atoms with Crippen LogP contribution in [0.1, 0.15) is 80.3 Å². The first kappa shape index (κ1) is 68.9. The summed E-state index contributed by atoms with van der Waals surface area (Å²) in [4.78, 5) is 166. The number of amides is 9. The Balaban J connectivity index is 1.58. The van der Waals surface area contributed by atoms with Gasteiger partial charge in [0, 0.05) is 74.5 Å². The maximum atomic E-state index is 13.9. The first-order valence-electron chi connectivity index (χ1n) is 25.7. The molecule has 0 spiro atoms. The smallest absolute Gasteiger partial charge is 0.404 e. The predicted octanol–water partition coefficient (Wildman–Crippen LogP) is -4.18. The monoisotopic (exact) mass is 1210 g/mol. The largest absolute Gasteiger partial charge is 0.481 e. The Morgan fingerprint density at radius 3 is 1.90 bits per heavy atom. The number of nitrogens with one attached hydrogen (secondary N) is 10. The fourth-order valence-corrected chi connectivity index (χ4v) is 8.80. The van der Waals surface area contributed by atoms with Crippen LogP contribution < -0.4 is 64.9 Å². The van der Waals surface area contributed by atoms with Gasteiger partial charge in [0.1, 0.15) is 24.7 Å². The van der Waals surface area contributed by atoms with Gasteiger partial charge in [-0.05, 0) is 56.4 Å². The van der Waals surface area contributed by atoms with Crippen LogP contribution in [0.4, 0.5) is 16.4 Å². The number of primary amides is 1. The number of nitrogen functional groups attached to an aromatic ring is 1. The number of aromatic amines is 1. The van der Waals surface area contributed by atoms with Gasteiger partial charge in [0.25, 0.3) is 11.5 Å². The third-order valence-corrected chi connectivity index (χ3v) is 13.6. The molecule has 3 rings (SSSR count). The van der Waals surface area contributed by atoms with E-state index in [4.69, 9.17) is 16.6 Å². The molecule has 0 bridgehead atoms. The number of carboxylic acids is 2. The Morgan fingerprint density at radius 2 is 1.25 bits per heavy atom. The van der Waals surface area contributed by atoms with Crippen LogP contribution in [0.25, 0.3) is 11.2 Å². The van der Waals surface area contributed by atoms with Crippen LogP contribution >= 0.6 is 21.6 Å². The molecule has 0 radical (unpaired) electrons. The lowest BCUT2D eigenvalue weighted by molar-refractivity contribution is -0.138. The van der Waals surface area contributed by atoms with Crippen molar-refractivity contribution in [3.05, 3.63) is 52.1 Å². The van der Waals surface area contributed by atoms with Gasteiger partial charge in [0.15, 0.2) is 11.2 Å². The van der Waals surface area contributed by atoms with Crippen molar-refractivity contribution in [2.24, 2.45) is 5.73 Å². The van der Waals surface area contributed by atoms with E-state index in [2.05, 4.69) is 72.5 Å². The number of fused-ring (bicyclic) bond motifs is 1. The second kappa shape index (κ2) is 37.6.